The predicted octanol–water partition coefficient (Wildman–Crippen LogP) is 2.92. The molecule has 0 aromatic heterocycles. The van der Waals surface area contributed by atoms with Gasteiger partial charge in [0, 0.05) is 0 Å². The molecule has 1 aliphatic rings. The molecule has 0 atom stereocenters. The molecule has 0 heterocycles. The molecule has 0 saturated heterocycles. The number of aliphatic hydroxyl groups is 1. The Morgan fingerprint density at radius 2 is 2.00 bits per heavy atom. The number of hydrogen-bond donors (Lipinski definition) is 1. The third-order valence-electron chi connectivity index (χ3n) is 2.98. The minimum atomic E-state index is 0.181. The number of aliphatic hydroxyl groups excluding tert-OH is 1. The van der Waals surface area contributed by atoms with Gasteiger partial charge in [-0.1, -0.05) is 24.3 Å². The van der Waals surface area contributed by atoms with Crippen LogP contribution in [0.2, 0.25) is 0 Å². The summed E-state index contributed by atoms with van der Waals surface area (Å²) in [5, 5.41) is 8.64. The van der Waals surface area contributed by atoms with E-state index in [1.165, 1.54) is 31.3 Å². The van der Waals surface area contributed by atoms with Crippen LogP contribution in [-0.2, 0) is 0 Å². The highest BCUT2D eigenvalue weighted by Gasteiger charge is 2.19. The van der Waals surface area contributed by atoms with Gasteiger partial charge in [-0.05, 0) is 44.4 Å². The molecule has 74 valence electrons. The fourth-order valence-electron chi connectivity index (χ4n) is 2.06. The summed E-state index contributed by atoms with van der Waals surface area (Å²) in [6, 6.07) is 0. The molecular weight excluding hydrogens is 160 g/mol. The zero-order chi connectivity index (χ0) is 9.68. The fraction of sp³-hybridized carbons (Fsp3) is 0.667. The van der Waals surface area contributed by atoms with Crippen molar-refractivity contribution in [3.63, 3.8) is 0 Å². The summed E-state index contributed by atoms with van der Waals surface area (Å²) in [5.74, 6) is 1.45. The number of hydrogen-bond acceptors (Lipinski definition) is 1. The van der Waals surface area contributed by atoms with E-state index in [9.17, 15) is 0 Å². The zero-order valence-electron chi connectivity index (χ0n) is 8.50. The van der Waals surface area contributed by atoms with Crippen LogP contribution in [0.5, 0.6) is 0 Å². The van der Waals surface area contributed by atoms with Crippen LogP contribution in [0.25, 0.3) is 0 Å². The summed E-state index contributed by atoms with van der Waals surface area (Å²) in [5.41, 5.74) is 1.34. The van der Waals surface area contributed by atoms with Crippen molar-refractivity contribution in [2.75, 3.05) is 6.61 Å². The van der Waals surface area contributed by atoms with Gasteiger partial charge in [-0.3, -0.25) is 0 Å². The van der Waals surface area contributed by atoms with Gasteiger partial charge in [-0.2, -0.15) is 0 Å². The molecule has 0 unspecified atom stereocenters. The van der Waals surface area contributed by atoms with E-state index in [1.54, 1.807) is 0 Å². The highest BCUT2D eigenvalue weighted by atomic mass is 16.2. The lowest BCUT2D eigenvalue weighted by Crippen LogP contribution is -2.13. The van der Waals surface area contributed by atoms with Crippen molar-refractivity contribution in [1.29, 1.82) is 0 Å². The summed E-state index contributed by atoms with van der Waals surface area (Å²) in [4.78, 5) is 0. The highest BCUT2D eigenvalue weighted by molar-refractivity contribution is 5.00. The van der Waals surface area contributed by atoms with Crippen LogP contribution < -0.4 is 0 Å². The molecule has 0 aromatic rings. The van der Waals surface area contributed by atoms with Crippen LogP contribution in [0, 0.1) is 11.8 Å². The van der Waals surface area contributed by atoms with Crippen molar-refractivity contribution in [2.45, 2.75) is 32.6 Å². The molecule has 1 saturated carbocycles. The van der Waals surface area contributed by atoms with E-state index in [2.05, 4.69) is 19.6 Å². The minimum absolute atomic E-state index is 0.181. The molecule has 0 aromatic carbocycles. The van der Waals surface area contributed by atoms with E-state index in [0.29, 0.717) is 5.92 Å². The fourth-order valence-corrected chi connectivity index (χ4v) is 2.06. The van der Waals surface area contributed by atoms with E-state index in [-0.39, 0.29) is 6.61 Å². The van der Waals surface area contributed by atoms with Crippen molar-refractivity contribution < 1.29 is 5.11 Å². The Hall–Kier alpha value is -0.560. The first-order chi connectivity index (χ1) is 6.24. The Morgan fingerprint density at radius 3 is 2.46 bits per heavy atom. The largest absolute Gasteiger partial charge is 0.392 e. The molecule has 1 rings (SSSR count). The highest BCUT2D eigenvalue weighted by Crippen LogP contribution is 2.32. The molecule has 1 N–H and O–H groups in total. The molecule has 1 aliphatic carbocycles. The second-order valence-electron chi connectivity index (χ2n) is 4.07. The molecule has 1 fully saturated rings. The van der Waals surface area contributed by atoms with Crippen LogP contribution >= 0.6 is 0 Å². The van der Waals surface area contributed by atoms with E-state index in [1.807, 2.05) is 6.08 Å². The predicted molar refractivity (Wildman–Crippen MR) is 56.5 cm³/mol. The van der Waals surface area contributed by atoms with Gasteiger partial charge in [-0.15, -0.1) is 0 Å². The third-order valence-corrected chi connectivity index (χ3v) is 2.98. The van der Waals surface area contributed by atoms with E-state index in [0.717, 1.165) is 5.92 Å². The Morgan fingerprint density at radius 1 is 1.38 bits per heavy atom. The summed E-state index contributed by atoms with van der Waals surface area (Å²) in [6.07, 6.45) is 9.09. The smallest absolute Gasteiger partial charge is 0.0612 e. The van der Waals surface area contributed by atoms with E-state index >= 15 is 0 Å². The molecule has 0 amide bonds. The standard InChI is InChI=1S/C12H20O/c1-10(2)12-7-5-11(6-8-12)4-3-9-13/h3-4,11-13H,1,5-9H2,2H3. The SMILES string of the molecule is C=C(C)C1CCC(C=CCO)CC1. The summed E-state index contributed by atoms with van der Waals surface area (Å²) >= 11 is 0. The van der Waals surface area contributed by atoms with Crippen molar-refractivity contribution in [3.8, 4) is 0 Å². The van der Waals surface area contributed by atoms with Crippen molar-refractivity contribution in [2.24, 2.45) is 11.8 Å². The van der Waals surface area contributed by atoms with Gasteiger partial charge in [-0.25, -0.2) is 0 Å². The first-order valence-electron chi connectivity index (χ1n) is 5.17. The normalized spacial score (nSPS) is 29.4. The first-order valence-corrected chi connectivity index (χ1v) is 5.17. The van der Waals surface area contributed by atoms with Gasteiger partial charge in [0.15, 0.2) is 0 Å². The monoisotopic (exact) mass is 180 g/mol. The Balaban J connectivity index is 2.30. The van der Waals surface area contributed by atoms with Gasteiger partial charge in [0.2, 0.25) is 0 Å². The van der Waals surface area contributed by atoms with Crippen molar-refractivity contribution in [1.82, 2.24) is 0 Å². The molecule has 1 nitrogen and oxygen atoms in total. The van der Waals surface area contributed by atoms with Crippen LogP contribution in [-0.4, -0.2) is 11.7 Å². The number of allylic oxidation sites excluding steroid dienone is 2. The Kier molecular flexibility index (Phi) is 4.23. The van der Waals surface area contributed by atoms with Gasteiger partial charge in [0.1, 0.15) is 0 Å². The summed E-state index contributed by atoms with van der Waals surface area (Å²) < 4.78 is 0. The van der Waals surface area contributed by atoms with E-state index < -0.39 is 0 Å². The lowest BCUT2D eigenvalue weighted by molar-refractivity contribution is 0.330. The van der Waals surface area contributed by atoms with Crippen LogP contribution in [0.1, 0.15) is 32.6 Å². The average Bonchev–Trinajstić information content (AvgIpc) is 2.15. The van der Waals surface area contributed by atoms with Gasteiger partial charge in [0.25, 0.3) is 0 Å². The topological polar surface area (TPSA) is 20.2 Å². The molecule has 0 spiro atoms. The molecule has 13 heavy (non-hydrogen) atoms. The maximum Gasteiger partial charge on any atom is 0.0612 e. The maximum absolute atomic E-state index is 8.64. The summed E-state index contributed by atoms with van der Waals surface area (Å²) in [6.45, 7) is 6.32. The Bertz CT molecular complexity index is 185. The quantitative estimate of drug-likeness (QED) is 0.662. The average molecular weight is 180 g/mol. The van der Waals surface area contributed by atoms with Crippen LogP contribution in [0.4, 0.5) is 0 Å². The van der Waals surface area contributed by atoms with Crippen LogP contribution in [0.15, 0.2) is 24.3 Å². The molecule has 1 heteroatoms. The molecule has 0 radical (unpaired) electrons. The van der Waals surface area contributed by atoms with E-state index in [4.69, 9.17) is 5.11 Å². The van der Waals surface area contributed by atoms with Gasteiger partial charge in [0.05, 0.1) is 6.61 Å². The van der Waals surface area contributed by atoms with Crippen molar-refractivity contribution in [3.05, 3.63) is 24.3 Å². The lowest BCUT2D eigenvalue weighted by atomic mass is 9.79. The van der Waals surface area contributed by atoms with Gasteiger partial charge < -0.3 is 5.11 Å². The lowest BCUT2D eigenvalue weighted by Gasteiger charge is -2.26. The zero-order valence-corrected chi connectivity index (χ0v) is 8.50. The summed E-state index contributed by atoms with van der Waals surface area (Å²) in [7, 11) is 0. The molecule has 0 aliphatic heterocycles. The van der Waals surface area contributed by atoms with Crippen LogP contribution in [0.3, 0.4) is 0 Å². The van der Waals surface area contributed by atoms with Gasteiger partial charge >= 0.3 is 0 Å². The third kappa shape index (κ3) is 3.35. The van der Waals surface area contributed by atoms with Crippen molar-refractivity contribution >= 4 is 0 Å². The second kappa shape index (κ2) is 5.23. The first kappa shape index (κ1) is 10.5. The Labute approximate surface area is 81.2 Å². The number of rotatable bonds is 3. The molecular formula is C12H20O. The second-order valence-corrected chi connectivity index (χ2v) is 4.07. The molecule has 0 bridgehead atoms. The maximum atomic E-state index is 8.64. The minimum Gasteiger partial charge on any atom is -0.392 e.